The molecule has 0 aromatic carbocycles. The second kappa shape index (κ2) is 5.57. The number of nitrogens with one attached hydrogen (secondary N) is 1. The van der Waals surface area contributed by atoms with Crippen LogP contribution in [-0.2, 0) is 13.0 Å². The van der Waals surface area contributed by atoms with E-state index < -0.39 is 0 Å². The van der Waals surface area contributed by atoms with Crippen molar-refractivity contribution in [2.24, 2.45) is 0 Å². The molecule has 0 spiro atoms. The SMILES string of the molecule is CCNC1CCCc2cn(Cc3ccncc3)cc21. The number of hydrogen-bond acceptors (Lipinski definition) is 2. The summed E-state index contributed by atoms with van der Waals surface area (Å²) in [6, 6.07) is 4.72. The van der Waals surface area contributed by atoms with Crippen LogP contribution in [0.2, 0.25) is 0 Å². The lowest BCUT2D eigenvalue weighted by Gasteiger charge is -2.22. The molecule has 0 saturated carbocycles. The summed E-state index contributed by atoms with van der Waals surface area (Å²) in [6.07, 6.45) is 12.1. The molecule has 1 N–H and O–H groups in total. The molecule has 3 heteroatoms. The van der Waals surface area contributed by atoms with E-state index in [0.717, 1.165) is 13.1 Å². The molecule has 0 radical (unpaired) electrons. The molecule has 0 saturated heterocycles. The first-order valence-electron chi connectivity index (χ1n) is 7.17. The van der Waals surface area contributed by atoms with Gasteiger partial charge in [-0.1, -0.05) is 6.92 Å². The summed E-state index contributed by atoms with van der Waals surface area (Å²) in [6.45, 7) is 4.16. The first-order chi connectivity index (χ1) is 9.36. The standard InChI is InChI=1S/C16H21N3/c1-2-18-16-5-3-4-14-11-19(12-15(14)16)10-13-6-8-17-9-7-13/h6-9,11-12,16,18H,2-5,10H2,1H3. The number of aromatic nitrogens is 2. The summed E-state index contributed by atoms with van der Waals surface area (Å²) in [5.74, 6) is 0. The van der Waals surface area contributed by atoms with Gasteiger partial charge in [0.2, 0.25) is 0 Å². The fourth-order valence-corrected chi connectivity index (χ4v) is 3.00. The van der Waals surface area contributed by atoms with Crippen molar-refractivity contribution in [1.29, 1.82) is 0 Å². The van der Waals surface area contributed by atoms with E-state index in [1.54, 1.807) is 0 Å². The molecular formula is C16H21N3. The van der Waals surface area contributed by atoms with Gasteiger partial charge in [0.15, 0.2) is 0 Å². The Balaban J connectivity index is 1.81. The smallest absolute Gasteiger partial charge is 0.0471 e. The number of rotatable bonds is 4. The summed E-state index contributed by atoms with van der Waals surface area (Å²) in [5.41, 5.74) is 4.33. The molecular weight excluding hydrogens is 234 g/mol. The van der Waals surface area contributed by atoms with Gasteiger partial charge < -0.3 is 9.88 Å². The van der Waals surface area contributed by atoms with Gasteiger partial charge in [0, 0.05) is 37.4 Å². The fraction of sp³-hybridized carbons (Fsp3) is 0.438. The van der Waals surface area contributed by atoms with Gasteiger partial charge in [-0.05, 0) is 54.6 Å². The van der Waals surface area contributed by atoms with Crippen molar-refractivity contribution in [3.63, 3.8) is 0 Å². The Morgan fingerprint density at radius 2 is 2.16 bits per heavy atom. The van der Waals surface area contributed by atoms with Crippen LogP contribution in [0.1, 0.15) is 42.5 Å². The molecule has 3 rings (SSSR count). The second-order valence-corrected chi connectivity index (χ2v) is 5.27. The molecule has 19 heavy (non-hydrogen) atoms. The van der Waals surface area contributed by atoms with Gasteiger partial charge in [0.05, 0.1) is 0 Å². The molecule has 100 valence electrons. The van der Waals surface area contributed by atoms with Gasteiger partial charge in [-0.25, -0.2) is 0 Å². The zero-order chi connectivity index (χ0) is 13.1. The van der Waals surface area contributed by atoms with E-state index in [1.807, 2.05) is 12.4 Å². The lowest BCUT2D eigenvalue weighted by Crippen LogP contribution is -2.23. The molecule has 1 atom stereocenters. The molecule has 2 heterocycles. The topological polar surface area (TPSA) is 29.9 Å². The maximum absolute atomic E-state index is 4.07. The molecule has 0 bridgehead atoms. The lowest BCUT2D eigenvalue weighted by molar-refractivity contribution is 0.473. The largest absolute Gasteiger partial charge is 0.349 e. The Morgan fingerprint density at radius 1 is 1.32 bits per heavy atom. The Bertz CT molecular complexity index is 530. The highest BCUT2D eigenvalue weighted by Crippen LogP contribution is 2.30. The van der Waals surface area contributed by atoms with Gasteiger partial charge >= 0.3 is 0 Å². The third kappa shape index (κ3) is 2.71. The quantitative estimate of drug-likeness (QED) is 0.910. The van der Waals surface area contributed by atoms with Crippen LogP contribution in [0.25, 0.3) is 0 Å². The van der Waals surface area contributed by atoms with E-state index >= 15 is 0 Å². The minimum absolute atomic E-state index is 0.549. The minimum atomic E-state index is 0.549. The van der Waals surface area contributed by atoms with E-state index in [0.29, 0.717) is 6.04 Å². The second-order valence-electron chi connectivity index (χ2n) is 5.27. The molecule has 1 aliphatic carbocycles. The highest BCUT2D eigenvalue weighted by Gasteiger charge is 2.21. The van der Waals surface area contributed by atoms with Crippen LogP contribution in [0.3, 0.4) is 0 Å². The number of nitrogens with zero attached hydrogens (tertiary/aromatic N) is 2. The predicted molar refractivity (Wildman–Crippen MR) is 77.1 cm³/mol. The summed E-state index contributed by atoms with van der Waals surface area (Å²) in [7, 11) is 0. The first-order valence-corrected chi connectivity index (χ1v) is 7.17. The lowest BCUT2D eigenvalue weighted by atomic mass is 9.91. The first kappa shape index (κ1) is 12.4. The number of aryl methyl sites for hydroxylation is 1. The van der Waals surface area contributed by atoms with Crippen molar-refractivity contribution in [1.82, 2.24) is 14.9 Å². The normalized spacial score (nSPS) is 18.3. The molecule has 0 aliphatic heterocycles. The molecule has 2 aromatic rings. The van der Waals surface area contributed by atoms with Crippen LogP contribution < -0.4 is 5.32 Å². The maximum Gasteiger partial charge on any atom is 0.0471 e. The van der Waals surface area contributed by atoms with E-state index in [2.05, 4.69) is 46.3 Å². The third-order valence-corrected chi connectivity index (χ3v) is 3.88. The van der Waals surface area contributed by atoms with Crippen LogP contribution in [0.4, 0.5) is 0 Å². The fourth-order valence-electron chi connectivity index (χ4n) is 3.00. The molecule has 1 aliphatic rings. The van der Waals surface area contributed by atoms with Crippen molar-refractivity contribution >= 4 is 0 Å². The van der Waals surface area contributed by atoms with Gasteiger partial charge in [-0.2, -0.15) is 0 Å². The zero-order valence-electron chi connectivity index (χ0n) is 11.5. The maximum atomic E-state index is 4.07. The van der Waals surface area contributed by atoms with Gasteiger partial charge in [0.25, 0.3) is 0 Å². The average Bonchev–Trinajstić information content (AvgIpc) is 2.84. The monoisotopic (exact) mass is 255 g/mol. The van der Waals surface area contributed by atoms with E-state index in [9.17, 15) is 0 Å². The molecule has 1 unspecified atom stereocenters. The Morgan fingerprint density at radius 3 is 2.95 bits per heavy atom. The Kier molecular flexibility index (Phi) is 3.65. The Labute approximate surface area is 114 Å². The van der Waals surface area contributed by atoms with Crippen molar-refractivity contribution in [3.05, 3.63) is 53.6 Å². The number of pyridine rings is 1. The molecule has 0 fully saturated rings. The minimum Gasteiger partial charge on any atom is -0.349 e. The summed E-state index contributed by atoms with van der Waals surface area (Å²) < 4.78 is 2.32. The van der Waals surface area contributed by atoms with Gasteiger partial charge in [-0.3, -0.25) is 4.98 Å². The van der Waals surface area contributed by atoms with Gasteiger partial charge in [-0.15, -0.1) is 0 Å². The molecule has 0 amide bonds. The summed E-state index contributed by atoms with van der Waals surface area (Å²) in [4.78, 5) is 4.07. The van der Waals surface area contributed by atoms with E-state index in [1.165, 1.54) is 36.0 Å². The van der Waals surface area contributed by atoms with Crippen LogP contribution in [0, 0.1) is 0 Å². The highest BCUT2D eigenvalue weighted by atomic mass is 15.0. The van der Waals surface area contributed by atoms with E-state index in [-0.39, 0.29) is 0 Å². The van der Waals surface area contributed by atoms with Crippen LogP contribution in [-0.4, -0.2) is 16.1 Å². The van der Waals surface area contributed by atoms with Gasteiger partial charge in [0.1, 0.15) is 0 Å². The zero-order valence-corrected chi connectivity index (χ0v) is 11.5. The third-order valence-electron chi connectivity index (χ3n) is 3.88. The number of hydrogen-bond donors (Lipinski definition) is 1. The predicted octanol–water partition coefficient (Wildman–Crippen LogP) is 2.92. The van der Waals surface area contributed by atoms with E-state index in [4.69, 9.17) is 0 Å². The van der Waals surface area contributed by atoms with Crippen molar-refractivity contribution < 1.29 is 0 Å². The van der Waals surface area contributed by atoms with Crippen molar-refractivity contribution in [3.8, 4) is 0 Å². The number of fused-ring (bicyclic) bond motifs is 1. The van der Waals surface area contributed by atoms with Crippen molar-refractivity contribution in [2.75, 3.05) is 6.54 Å². The highest BCUT2D eigenvalue weighted by molar-refractivity contribution is 5.31. The van der Waals surface area contributed by atoms with Crippen LogP contribution in [0.5, 0.6) is 0 Å². The average molecular weight is 255 g/mol. The van der Waals surface area contributed by atoms with Crippen LogP contribution >= 0.6 is 0 Å². The van der Waals surface area contributed by atoms with Crippen LogP contribution in [0.15, 0.2) is 36.9 Å². The summed E-state index contributed by atoms with van der Waals surface area (Å²) in [5, 5.41) is 3.59. The molecule has 3 nitrogen and oxygen atoms in total. The Hall–Kier alpha value is -1.61. The van der Waals surface area contributed by atoms with Crippen molar-refractivity contribution in [2.45, 2.75) is 38.8 Å². The summed E-state index contributed by atoms with van der Waals surface area (Å²) >= 11 is 0. The molecule has 2 aromatic heterocycles.